The lowest BCUT2D eigenvalue weighted by Crippen LogP contribution is -2.49. The van der Waals surface area contributed by atoms with Gasteiger partial charge in [0.15, 0.2) is 0 Å². The molecule has 0 amide bonds. The fraction of sp³-hybridized carbons (Fsp3) is 0.429. The highest BCUT2D eigenvalue weighted by Crippen LogP contribution is 2.19. The van der Waals surface area contributed by atoms with Crippen LogP contribution >= 0.6 is 0 Å². The van der Waals surface area contributed by atoms with Gasteiger partial charge in [0.25, 0.3) is 0 Å². The van der Waals surface area contributed by atoms with Crippen LogP contribution in [0.1, 0.15) is 12.5 Å². The van der Waals surface area contributed by atoms with Gasteiger partial charge in [-0.05, 0) is 32.1 Å². The molecule has 1 aliphatic carbocycles. The van der Waals surface area contributed by atoms with Gasteiger partial charge in [-0.3, -0.25) is 14.7 Å². The molecule has 2 unspecified atom stereocenters. The largest absolute Gasteiger partial charge is 0.484 e. The number of hydrogen-bond donors (Lipinski definition) is 1. The van der Waals surface area contributed by atoms with E-state index in [2.05, 4.69) is 17.9 Å². The highest BCUT2D eigenvalue weighted by atomic mass is 16.5. The number of rotatable bonds is 5. The lowest BCUT2D eigenvalue weighted by Gasteiger charge is -2.35. The van der Waals surface area contributed by atoms with E-state index in [9.17, 15) is 4.79 Å². The van der Waals surface area contributed by atoms with Crippen LogP contribution in [0.3, 0.4) is 0 Å². The van der Waals surface area contributed by atoms with E-state index in [4.69, 9.17) is 14.8 Å². The second-order valence-corrected chi connectivity index (χ2v) is 6.99. The minimum Gasteiger partial charge on any atom is -0.484 e. The fourth-order valence-electron chi connectivity index (χ4n) is 3.29. The van der Waals surface area contributed by atoms with Crippen molar-refractivity contribution in [3.63, 3.8) is 0 Å². The van der Waals surface area contributed by atoms with E-state index in [0.717, 1.165) is 37.8 Å². The lowest BCUT2D eigenvalue weighted by atomic mass is 10.1. The van der Waals surface area contributed by atoms with E-state index in [1.54, 1.807) is 0 Å². The van der Waals surface area contributed by atoms with E-state index in [1.807, 2.05) is 54.3 Å². The van der Waals surface area contributed by atoms with Gasteiger partial charge in [-0.1, -0.05) is 35.9 Å². The number of carboxylic acid groups (broad SMARTS) is 1. The molecule has 1 heterocycles. The number of amidine groups is 1. The summed E-state index contributed by atoms with van der Waals surface area (Å²) in [6, 6.07) is 7.97. The van der Waals surface area contributed by atoms with E-state index in [-0.39, 0.29) is 18.7 Å². The molecule has 0 saturated carbocycles. The Labute approximate surface area is 160 Å². The Balaban J connectivity index is 1.61. The quantitative estimate of drug-likeness (QED) is 0.638. The normalized spacial score (nSPS) is 23.5. The Morgan fingerprint density at radius 2 is 1.81 bits per heavy atom. The zero-order valence-corrected chi connectivity index (χ0v) is 15.9. The predicted molar refractivity (Wildman–Crippen MR) is 106 cm³/mol. The number of ether oxygens (including phenoxy) is 1. The molecular formula is C21H27N3O3. The van der Waals surface area contributed by atoms with Crippen LogP contribution in [0.4, 0.5) is 0 Å². The maximum Gasteiger partial charge on any atom is 0.317 e. The number of aliphatic carboxylic acids is 1. The van der Waals surface area contributed by atoms with Crippen molar-refractivity contribution in [3.05, 3.63) is 54.1 Å². The van der Waals surface area contributed by atoms with Crippen molar-refractivity contribution >= 4 is 11.8 Å². The van der Waals surface area contributed by atoms with Crippen molar-refractivity contribution in [1.29, 1.82) is 0 Å². The summed E-state index contributed by atoms with van der Waals surface area (Å²) in [4.78, 5) is 19.9. The van der Waals surface area contributed by atoms with Crippen LogP contribution in [0.5, 0.6) is 5.75 Å². The van der Waals surface area contributed by atoms with Crippen LogP contribution in [0.15, 0.2) is 53.6 Å². The second-order valence-electron chi connectivity index (χ2n) is 6.99. The average molecular weight is 369 g/mol. The van der Waals surface area contributed by atoms with Gasteiger partial charge in [-0.2, -0.15) is 0 Å². The standard InChI is InChI=1S/C21H27N3O3/c1-16-7-9-18(10-8-16)27-20-6-4-3-5-19(20)22-17(2)24-13-11-23(12-14-24)15-21(25)26/h3-10,19-20H,11-15H2,1-2H3,(H,25,26). The van der Waals surface area contributed by atoms with Crippen LogP contribution in [0.2, 0.25) is 0 Å². The van der Waals surface area contributed by atoms with Gasteiger partial charge in [0.1, 0.15) is 17.9 Å². The number of aliphatic imine (C=N–C) groups is 1. The number of hydrogen-bond acceptors (Lipinski definition) is 4. The van der Waals surface area contributed by atoms with Crippen molar-refractivity contribution in [1.82, 2.24) is 9.80 Å². The number of benzene rings is 1. The third kappa shape index (κ3) is 5.44. The monoisotopic (exact) mass is 369 g/mol. The molecule has 1 saturated heterocycles. The van der Waals surface area contributed by atoms with Crippen molar-refractivity contribution in [2.75, 3.05) is 32.7 Å². The van der Waals surface area contributed by atoms with Crippen molar-refractivity contribution < 1.29 is 14.6 Å². The SMILES string of the molecule is CC(=NC1C=CC=CC1Oc1ccc(C)cc1)N1CCN(CC(=O)O)CC1. The van der Waals surface area contributed by atoms with Crippen LogP contribution in [0.25, 0.3) is 0 Å². The highest BCUT2D eigenvalue weighted by molar-refractivity contribution is 5.80. The molecule has 2 aliphatic rings. The molecule has 1 fully saturated rings. The molecule has 0 spiro atoms. The predicted octanol–water partition coefficient (Wildman–Crippen LogP) is 2.36. The summed E-state index contributed by atoms with van der Waals surface area (Å²) in [6.45, 7) is 7.23. The number of carbonyl (C=O) groups is 1. The molecule has 27 heavy (non-hydrogen) atoms. The molecule has 6 heteroatoms. The molecule has 6 nitrogen and oxygen atoms in total. The molecule has 1 N–H and O–H groups in total. The molecule has 3 rings (SSSR count). The number of carboxylic acids is 1. The van der Waals surface area contributed by atoms with E-state index in [1.165, 1.54) is 5.56 Å². The third-order valence-electron chi connectivity index (χ3n) is 4.87. The summed E-state index contributed by atoms with van der Waals surface area (Å²) < 4.78 is 6.13. The minimum absolute atomic E-state index is 0.0756. The first kappa shape index (κ1) is 19.2. The zero-order chi connectivity index (χ0) is 19.2. The Kier molecular flexibility index (Phi) is 6.29. The van der Waals surface area contributed by atoms with Gasteiger partial charge < -0.3 is 14.7 Å². The van der Waals surface area contributed by atoms with Crippen molar-refractivity contribution in [2.45, 2.75) is 26.0 Å². The lowest BCUT2D eigenvalue weighted by molar-refractivity contribution is -0.138. The van der Waals surface area contributed by atoms with Crippen LogP contribution in [0, 0.1) is 6.92 Å². The Morgan fingerprint density at radius 1 is 1.15 bits per heavy atom. The summed E-state index contributed by atoms with van der Waals surface area (Å²) in [5.74, 6) is 1.03. The topological polar surface area (TPSA) is 65.4 Å². The zero-order valence-electron chi connectivity index (χ0n) is 15.9. The molecule has 1 aliphatic heterocycles. The van der Waals surface area contributed by atoms with Gasteiger partial charge in [0.2, 0.25) is 0 Å². The Morgan fingerprint density at radius 3 is 2.48 bits per heavy atom. The molecule has 0 bridgehead atoms. The summed E-state index contributed by atoms with van der Waals surface area (Å²) in [5, 5.41) is 8.92. The van der Waals surface area contributed by atoms with Crippen LogP contribution in [-0.2, 0) is 4.79 Å². The summed E-state index contributed by atoms with van der Waals surface area (Å²) >= 11 is 0. The molecule has 0 radical (unpaired) electrons. The highest BCUT2D eigenvalue weighted by Gasteiger charge is 2.23. The van der Waals surface area contributed by atoms with E-state index >= 15 is 0 Å². The number of nitrogens with zero attached hydrogens (tertiary/aromatic N) is 3. The number of aryl methyl sites for hydroxylation is 1. The molecule has 2 atom stereocenters. The van der Waals surface area contributed by atoms with Gasteiger partial charge in [-0.15, -0.1) is 0 Å². The Bertz CT molecular complexity index is 732. The minimum atomic E-state index is -0.774. The first-order valence-corrected chi connectivity index (χ1v) is 9.33. The second kappa shape index (κ2) is 8.86. The molecule has 1 aromatic carbocycles. The molecule has 0 aromatic heterocycles. The molecular weight excluding hydrogens is 342 g/mol. The fourth-order valence-corrected chi connectivity index (χ4v) is 3.29. The number of piperazine rings is 1. The Hall–Kier alpha value is -2.60. The van der Waals surface area contributed by atoms with Crippen molar-refractivity contribution in [3.8, 4) is 5.75 Å². The average Bonchev–Trinajstić information content (AvgIpc) is 2.65. The van der Waals surface area contributed by atoms with Crippen LogP contribution in [-0.4, -0.2) is 71.6 Å². The maximum atomic E-state index is 10.8. The van der Waals surface area contributed by atoms with Gasteiger partial charge in [-0.25, -0.2) is 0 Å². The van der Waals surface area contributed by atoms with Crippen molar-refractivity contribution in [2.24, 2.45) is 4.99 Å². The summed E-state index contributed by atoms with van der Waals surface area (Å²) in [7, 11) is 0. The third-order valence-corrected chi connectivity index (χ3v) is 4.87. The first-order chi connectivity index (χ1) is 13.0. The van der Waals surface area contributed by atoms with E-state index < -0.39 is 5.97 Å². The van der Waals surface area contributed by atoms with Crippen LogP contribution < -0.4 is 4.74 Å². The van der Waals surface area contributed by atoms with Gasteiger partial charge >= 0.3 is 5.97 Å². The van der Waals surface area contributed by atoms with Gasteiger partial charge in [0.05, 0.1) is 12.4 Å². The number of allylic oxidation sites excluding steroid dienone is 2. The summed E-state index contributed by atoms with van der Waals surface area (Å²) in [6.07, 6.45) is 7.95. The molecule has 1 aromatic rings. The molecule has 144 valence electrons. The first-order valence-electron chi connectivity index (χ1n) is 9.33. The van der Waals surface area contributed by atoms with Gasteiger partial charge in [0, 0.05) is 26.2 Å². The maximum absolute atomic E-state index is 10.8. The smallest absolute Gasteiger partial charge is 0.317 e. The summed E-state index contributed by atoms with van der Waals surface area (Å²) in [5.41, 5.74) is 1.20. The van der Waals surface area contributed by atoms with E-state index in [0.29, 0.717) is 0 Å².